The number of rotatable bonds is 4. The van der Waals surface area contributed by atoms with Crippen LogP contribution in [0.1, 0.15) is 29.8 Å². The van der Waals surface area contributed by atoms with Gasteiger partial charge in [-0.2, -0.15) is 0 Å². The molecule has 0 bridgehead atoms. The number of fused-ring (bicyclic) bond motifs is 3. The molecule has 0 fully saturated rings. The summed E-state index contributed by atoms with van der Waals surface area (Å²) < 4.78 is 1.50. The Hall–Kier alpha value is -3.05. The van der Waals surface area contributed by atoms with Gasteiger partial charge in [0.15, 0.2) is 0 Å². The topological polar surface area (TPSA) is 54.3 Å². The predicted octanol–water partition coefficient (Wildman–Crippen LogP) is 4.37. The third-order valence-electron chi connectivity index (χ3n) is 5.32. The lowest BCUT2D eigenvalue weighted by atomic mass is 9.95. The number of hydrogen-bond donors (Lipinski definition) is 1. The van der Waals surface area contributed by atoms with Crippen LogP contribution >= 0.6 is 11.6 Å². The fraction of sp³-hybridized carbons (Fsp3) is 0.217. The molecule has 0 saturated heterocycles. The van der Waals surface area contributed by atoms with Crippen LogP contribution in [0.25, 0.3) is 22.4 Å². The largest absolute Gasteiger partial charge is 0.339 e. The van der Waals surface area contributed by atoms with Crippen LogP contribution in [-0.2, 0) is 6.54 Å². The second-order valence-corrected chi connectivity index (χ2v) is 7.38. The van der Waals surface area contributed by atoms with Crippen LogP contribution in [0.3, 0.4) is 0 Å². The summed E-state index contributed by atoms with van der Waals surface area (Å²) in [4.78, 5) is 28.5. The summed E-state index contributed by atoms with van der Waals surface area (Å²) >= 11 is 6.26. The third-order valence-corrected chi connectivity index (χ3v) is 5.56. The van der Waals surface area contributed by atoms with Crippen molar-refractivity contribution in [3.63, 3.8) is 0 Å². The highest BCUT2D eigenvalue weighted by Crippen LogP contribution is 2.34. The minimum Gasteiger partial charge on any atom is -0.339 e. The molecule has 0 radical (unpaired) electrons. The van der Waals surface area contributed by atoms with E-state index in [2.05, 4.69) is 5.43 Å². The second-order valence-electron chi connectivity index (χ2n) is 6.94. The Kier molecular flexibility index (Phi) is 5.16. The zero-order valence-electron chi connectivity index (χ0n) is 16.4. The monoisotopic (exact) mass is 407 g/mol. The molecule has 1 amide bonds. The van der Waals surface area contributed by atoms with Gasteiger partial charge in [0.2, 0.25) is 0 Å². The molecule has 2 heterocycles. The van der Waals surface area contributed by atoms with E-state index in [0.717, 1.165) is 16.7 Å². The van der Waals surface area contributed by atoms with Gasteiger partial charge >= 0.3 is 0 Å². The first kappa shape index (κ1) is 19.3. The van der Waals surface area contributed by atoms with Crippen LogP contribution in [-0.4, -0.2) is 28.6 Å². The molecule has 148 valence electrons. The Morgan fingerprint density at radius 3 is 2.48 bits per heavy atom. The van der Waals surface area contributed by atoms with E-state index in [1.807, 2.05) is 62.4 Å². The summed E-state index contributed by atoms with van der Waals surface area (Å²) in [6, 6.07) is 16.7. The number of hydrogen-bond acceptors (Lipinski definition) is 3. The first-order valence-electron chi connectivity index (χ1n) is 9.72. The molecule has 29 heavy (non-hydrogen) atoms. The van der Waals surface area contributed by atoms with Gasteiger partial charge in [0, 0.05) is 29.2 Å². The Bertz CT molecular complexity index is 1130. The number of amides is 1. The van der Waals surface area contributed by atoms with Gasteiger partial charge in [-0.15, -0.1) is 0 Å². The molecule has 0 aliphatic carbocycles. The van der Waals surface area contributed by atoms with Gasteiger partial charge in [0.05, 0.1) is 17.8 Å². The highest BCUT2D eigenvalue weighted by atomic mass is 35.5. The molecular formula is C23H22ClN3O2. The van der Waals surface area contributed by atoms with Crippen LogP contribution in [0.15, 0.2) is 59.4 Å². The first-order chi connectivity index (χ1) is 14.0. The summed E-state index contributed by atoms with van der Waals surface area (Å²) in [5.41, 5.74) is 7.11. The van der Waals surface area contributed by atoms with Crippen molar-refractivity contribution < 1.29 is 4.79 Å². The predicted molar refractivity (Wildman–Crippen MR) is 117 cm³/mol. The normalized spacial score (nSPS) is 12.0. The van der Waals surface area contributed by atoms with Gasteiger partial charge in [-0.05, 0) is 43.2 Å². The minimum absolute atomic E-state index is 0.106. The average Bonchev–Trinajstić information content (AvgIpc) is 2.75. The molecule has 2 aromatic carbocycles. The van der Waals surface area contributed by atoms with E-state index in [4.69, 9.17) is 11.6 Å². The standard InChI is InChI=1S/C23H22ClN3O2/c1-3-26(4-2)22(28)20-13-19(15-8-6-5-7-9-15)23(29)27-21(20)18-12-17(24)11-10-16(18)14-25-27/h5-13,25H,3-4,14H2,1-2H3. The maximum absolute atomic E-state index is 13.4. The molecule has 4 rings (SSSR count). The van der Waals surface area contributed by atoms with E-state index < -0.39 is 0 Å². The van der Waals surface area contributed by atoms with E-state index in [9.17, 15) is 9.59 Å². The van der Waals surface area contributed by atoms with Crippen LogP contribution in [0.5, 0.6) is 0 Å². The Morgan fingerprint density at radius 2 is 1.79 bits per heavy atom. The van der Waals surface area contributed by atoms with Gasteiger partial charge in [0.1, 0.15) is 0 Å². The number of aromatic nitrogens is 1. The SMILES string of the molecule is CCN(CC)C(=O)c1cc(-c2ccccc2)c(=O)n2c1-c1cc(Cl)ccc1CN2. The van der Waals surface area contributed by atoms with E-state index >= 15 is 0 Å². The van der Waals surface area contributed by atoms with Crippen molar-refractivity contribution in [2.24, 2.45) is 0 Å². The minimum atomic E-state index is -0.187. The van der Waals surface area contributed by atoms with E-state index in [-0.39, 0.29) is 11.5 Å². The van der Waals surface area contributed by atoms with Gasteiger partial charge in [-0.25, -0.2) is 4.68 Å². The number of pyridine rings is 1. The molecule has 0 spiro atoms. The molecular weight excluding hydrogens is 386 g/mol. The number of carbonyl (C=O) groups excluding carboxylic acids is 1. The third kappa shape index (κ3) is 3.32. The van der Waals surface area contributed by atoms with Crippen molar-refractivity contribution in [1.29, 1.82) is 0 Å². The van der Waals surface area contributed by atoms with Gasteiger partial charge in [-0.1, -0.05) is 48.0 Å². The molecule has 0 atom stereocenters. The smallest absolute Gasteiger partial charge is 0.277 e. The number of nitrogens with zero attached hydrogens (tertiary/aromatic N) is 2. The number of benzene rings is 2. The van der Waals surface area contributed by atoms with Crippen LogP contribution in [0, 0.1) is 0 Å². The molecule has 1 N–H and O–H groups in total. The molecule has 0 unspecified atom stereocenters. The van der Waals surface area contributed by atoms with E-state index in [1.54, 1.807) is 11.0 Å². The first-order valence-corrected chi connectivity index (χ1v) is 10.1. The molecule has 6 heteroatoms. The highest BCUT2D eigenvalue weighted by molar-refractivity contribution is 6.31. The summed E-state index contributed by atoms with van der Waals surface area (Å²) in [6.07, 6.45) is 0. The maximum Gasteiger partial charge on any atom is 0.277 e. The zero-order valence-corrected chi connectivity index (χ0v) is 17.2. The van der Waals surface area contributed by atoms with E-state index in [1.165, 1.54) is 4.68 Å². The van der Waals surface area contributed by atoms with Gasteiger partial charge in [-0.3, -0.25) is 9.59 Å². The van der Waals surface area contributed by atoms with Crippen molar-refractivity contribution in [3.8, 4) is 22.4 Å². The fourth-order valence-corrected chi connectivity index (χ4v) is 3.96. The van der Waals surface area contributed by atoms with Gasteiger partial charge in [0.25, 0.3) is 11.5 Å². The van der Waals surface area contributed by atoms with Gasteiger partial charge < -0.3 is 10.3 Å². The van der Waals surface area contributed by atoms with Crippen molar-refractivity contribution in [2.45, 2.75) is 20.4 Å². The lowest BCUT2D eigenvalue weighted by molar-refractivity contribution is 0.0773. The summed E-state index contributed by atoms with van der Waals surface area (Å²) in [5.74, 6) is -0.106. The molecule has 1 aromatic heterocycles. The summed E-state index contributed by atoms with van der Waals surface area (Å²) in [7, 11) is 0. The molecule has 5 nitrogen and oxygen atoms in total. The number of halogens is 1. The van der Waals surface area contributed by atoms with E-state index in [0.29, 0.717) is 41.5 Å². The Morgan fingerprint density at radius 1 is 1.07 bits per heavy atom. The summed E-state index contributed by atoms with van der Waals surface area (Å²) in [6.45, 7) is 5.56. The van der Waals surface area contributed by atoms with Crippen molar-refractivity contribution in [1.82, 2.24) is 9.58 Å². The zero-order chi connectivity index (χ0) is 20.5. The maximum atomic E-state index is 13.4. The van der Waals surface area contributed by atoms with Crippen molar-refractivity contribution >= 4 is 17.5 Å². The van der Waals surface area contributed by atoms with Crippen molar-refractivity contribution in [3.05, 3.63) is 81.1 Å². The fourth-order valence-electron chi connectivity index (χ4n) is 3.79. The molecule has 0 saturated carbocycles. The lowest BCUT2D eigenvalue weighted by Crippen LogP contribution is -2.38. The van der Waals surface area contributed by atoms with Crippen molar-refractivity contribution in [2.75, 3.05) is 18.5 Å². The Balaban J connectivity index is 2.05. The van der Waals surface area contributed by atoms with Crippen LogP contribution in [0.4, 0.5) is 0 Å². The molecule has 3 aromatic rings. The van der Waals surface area contributed by atoms with Crippen LogP contribution < -0.4 is 11.0 Å². The Labute approximate surface area is 174 Å². The lowest BCUT2D eigenvalue weighted by Gasteiger charge is -2.28. The molecule has 1 aliphatic rings. The summed E-state index contributed by atoms with van der Waals surface area (Å²) in [5, 5.41) is 0.568. The van der Waals surface area contributed by atoms with Crippen LogP contribution in [0.2, 0.25) is 5.02 Å². The quantitative estimate of drug-likeness (QED) is 0.698. The number of carbonyl (C=O) groups is 1. The number of nitrogens with one attached hydrogen (secondary N) is 1. The average molecular weight is 408 g/mol. The molecule has 1 aliphatic heterocycles. The second kappa shape index (κ2) is 7.76. The highest BCUT2D eigenvalue weighted by Gasteiger charge is 2.28.